The van der Waals surface area contributed by atoms with Gasteiger partial charge >= 0.3 is 0 Å². The quantitative estimate of drug-likeness (QED) is 0.928. The molecule has 1 atom stereocenters. The van der Waals surface area contributed by atoms with E-state index in [0.717, 1.165) is 30.8 Å². The van der Waals surface area contributed by atoms with Gasteiger partial charge in [-0.15, -0.1) is 0 Å². The molecule has 3 rings (SSSR count). The molecule has 1 unspecified atom stereocenters. The molecule has 1 saturated heterocycles. The monoisotopic (exact) mass is 314 g/mol. The number of ether oxygens (including phenoxy) is 2. The van der Waals surface area contributed by atoms with E-state index < -0.39 is 0 Å². The van der Waals surface area contributed by atoms with Crippen LogP contribution in [-0.4, -0.2) is 42.9 Å². The lowest BCUT2D eigenvalue weighted by Gasteiger charge is -2.33. The van der Waals surface area contributed by atoms with Crippen molar-refractivity contribution in [3.05, 3.63) is 41.6 Å². The van der Waals surface area contributed by atoms with E-state index in [1.54, 1.807) is 13.3 Å². The maximum Gasteiger partial charge on any atom is 0.227 e. The summed E-state index contributed by atoms with van der Waals surface area (Å²) in [5, 5.41) is 0. The number of morpholine rings is 1. The Labute approximate surface area is 136 Å². The average molecular weight is 314 g/mol. The number of aromatic nitrogens is 2. The molecular formula is C17H22N4O2. The van der Waals surface area contributed by atoms with Crippen LogP contribution < -0.4 is 15.4 Å². The maximum absolute atomic E-state index is 5.89. The van der Waals surface area contributed by atoms with Gasteiger partial charge in [0.05, 0.1) is 19.8 Å². The third-order valence-electron chi connectivity index (χ3n) is 4.02. The van der Waals surface area contributed by atoms with Crippen LogP contribution in [0.2, 0.25) is 0 Å². The molecule has 2 aromatic rings. The van der Waals surface area contributed by atoms with Gasteiger partial charge in [-0.3, -0.25) is 0 Å². The van der Waals surface area contributed by atoms with E-state index in [0.29, 0.717) is 18.4 Å². The Kier molecular flexibility index (Phi) is 4.62. The molecule has 2 N–H and O–H groups in total. The van der Waals surface area contributed by atoms with E-state index in [-0.39, 0.29) is 6.10 Å². The average Bonchev–Trinajstić information content (AvgIpc) is 2.58. The Morgan fingerprint density at radius 1 is 1.43 bits per heavy atom. The molecule has 0 bridgehead atoms. The number of nitrogens with two attached hydrogens (primary N) is 1. The predicted molar refractivity (Wildman–Crippen MR) is 89.8 cm³/mol. The van der Waals surface area contributed by atoms with Gasteiger partial charge in [-0.1, -0.05) is 12.1 Å². The van der Waals surface area contributed by atoms with Gasteiger partial charge in [0, 0.05) is 31.3 Å². The fourth-order valence-electron chi connectivity index (χ4n) is 2.68. The summed E-state index contributed by atoms with van der Waals surface area (Å²) in [6, 6.07) is 8.08. The summed E-state index contributed by atoms with van der Waals surface area (Å²) in [7, 11) is 1.68. The minimum absolute atomic E-state index is 0.0991. The summed E-state index contributed by atoms with van der Waals surface area (Å²) in [5.74, 6) is 2.07. The highest BCUT2D eigenvalue weighted by Crippen LogP contribution is 2.20. The van der Waals surface area contributed by atoms with Gasteiger partial charge in [0.1, 0.15) is 11.6 Å². The molecule has 1 aromatic heterocycles. The summed E-state index contributed by atoms with van der Waals surface area (Å²) in [6.07, 6.45) is 2.70. The summed E-state index contributed by atoms with van der Waals surface area (Å²) < 4.78 is 11.2. The molecule has 0 saturated carbocycles. The van der Waals surface area contributed by atoms with Crippen molar-refractivity contribution in [2.75, 3.05) is 37.4 Å². The molecule has 23 heavy (non-hydrogen) atoms. The van der Waals surface area contributed by atoms with Crippen LogP contribution in [0.4, 0.5) is 11.8 Å². The first-order valence-electron chi connectivity index (χ1n) is 7.74. The SMILES string of the molecule is COc1cccc(CC2CN(c3ncc(C)c(N)n3)CCO2)c1. The zero-order chi connectivity index (χ0) is 16.2. The number of nitrogens with zero attached hydrogens (tertiary/aromatic N) is 3. The highest BCUT2D eigenvalue weighted by Gasteiger charge is 2.23. The molecule has 122 valence electrons. The van der Waals surface area contributed by atoms with Crippen LogP contribution in [0, 0.1) is 6.92 Å². The van der Waals surface area contributed by atoms with Crippen LogP contribution in [0.15, 0.2) is 30.5 Å². The van der Waals surface area contributed by atoms with Crippen molar-refractivity contribution >= 4 is 11.8 Å². The number of hydrogen-bond donors (Lipinski definition) is 1. The second-order valence-electron chi connectivity index (χ2n) is 5.73. The minimum atomic E-state index is 0.0991. The third kappa shape index (κ3) is 3.71. The highest BCUT2D eigenvalue weighted by atomic mass is 16.5. The smallest absolute Gasteiger partial charge is 0.227 e. The Bertz CT molecular complexity index is 677. The number of benzene rings is 1. The van der Waals surface area contributed by atoms with Crippen molar-refractivity contribution in [3.63, 3.8) is 0 Å². The molecular weight excluding hydrogens is 292 g/mol. The maximum atomic E-state index is 5.89. The topological polar surface area (TPSA) is 73.5 Å². The van der Waals surface area contributed by atoms with Gasteiger partial charge in [-0.25, -0.2) is 4.98 Å². The van der Waals surface area contributed by atoms with E-state index in [4.69, 9.17) is 15.2 Å². The second kappa shape index (κ2) is 6.83. The summed E-state index contributed by atoms with van der Waals surface area (Å²) >= 11 is 0. The number of anilines is 2. The van der Waals surface area contributed by atoms with Gasteiger partial charge in [0.25, 0.3) is 0 Å². The second-order valence-corrected chi connectivity index (χ2v) is 5.73. The number of nitrogen functional groups attached to an aromatic ring is 1. The fraction of sp³-hybridized carbons (Fsp3) is 0.412. The van der Waals surface area contributed by atoms with Crippen molar-refractivity contribution in [3.8, 4) is 5.75 Å². The molecule has 1 fully saturated rings. The Hall–Kier alpha value is -2.34. The van der Waals surface area contributed by atoms with Crippen LogP contribution in [0.3, 0.4) is 0 Å². The Balaban J connectivity index is 1.69. The van der Waals surface area contributed by atoms with E-state index in [1.165, 1.54) is 5.56 Å². The first kappa shape index (κ1) is 15.6. The predicted octanol–water partition coefficient (Wildman–Crippen LogP) is 1.82. The fourth-order valence-corrected chi connectivity index (χ4v) is 2.68. The lowest BCUT2D eigenvalue weighted by Crippen LogP contribution is -2.44. The zero-order valence-corrected chi connectivity index (χ0v) is 13.5. The van der Waals surface area contributed by atoms with Crippen LogP contribution in [-0.2, 0) is 11.2 Å². The minimum Gasteiger partial charge on any atom is -0.497 e. The molecule has 1 aromatic carbocycles. The largest absolute Gasteiger partial charge is 0.497 e. The van der Waals surface area contributed by atoms with Crippen LogP contribution in [0.1, 0.15) is 11.1 Å². The molecule has 1 aliphatic rings. The molecule has 2 heterocycles. The molecule has 0 spiro atoms. The summed E-state index contributed by atoms with van der Waals surface area (Å²) in [4.78, 5) is 10.9. The van der Waals surface area contributed by atoms with Crippen molar-refractivity contribution in [2.45, 2.75) is 19.4 Å². The van der Waals surface area contributed by atoms with Gasteiger partial charge < -0.3 is 20.1 Å². The lowest BCUT2D eigenvalue weighted by molar-refractivity contribution is 0.0405. The van der Waals surface area contributed by atoms with Crippen LogP contribution >= 0.6 is 0 Å². The normalized spacial score (nSPS) is 18.0. The van der Waals surface area contributed by atoms with Crippen molar-refractivity contribution in [1.29, 1.82) is 0 Å². The van der Waals surface area contributed by atoms with Crippen LogP contribution in [0.5, 0.6) is 5.75 Å². The van der Waals surface area contributed by atoms with E-state index in [1.807, 2.05) is 25.1 Å². The van der Waals surface area contributed by atoms with Crippen LogP contribution in [0.25, 0.3) is 0 Å². The third-order valence-corrected chi connectivity index (χ3v) is 4.02. The Morgan fingerprint density at radius 2 is 2.30 bits per heavy atom. The molecule has 0 radical (unpaired) electrons. The molecule has 0 amide bonds. The van der Waals surface area contributed by atoms with E-state index in [2.05, 4.69) is 20.9 Å². The van der Waals surface area contributed by atoms with Gasteiger partial charge in [-0.2, -0.15) is 4.98 Å². The molecule has 6 heteroatoms. The molecule has 6 nitrogen and oxygen atoms in total. The first-order valence-corrected chi connectivity index (χ1v) is 7.74. The molecule has 1 aliphatic heterocycles. The first-order chi connectivity index (χ1) is 11.2. The number of hydrogen-bond acceptors (Lipinski definition) is 6. The van der Waals surface area contributed by atoms with Gasteiger partial charge in [0.15, 0.2) is 0 Å². The Morgan fingerprint density at radius 3 is 3.09 bits per heavy atom. The summed E-state index contributed by atoms with van der Waals surface area (Å²) in [6.45, 7) is 4.09. The molecule has 0 aliphatic carbocycles. The number of aryl methyl sites for hydroxylation is 1. The van der Waals surface area contributed by atoms with E-state index >= 15 is 0 Å². The van der Waals surface area contributed by atoms with Crippen molar-refractivity contribution in [2.24, 2.45) is 0 Å². The number of rotatable bonds is 4. The summed E-state index contributed by atoms with van der Waals surface area (Å²) in [5.41, 5.74) is 7.99. The standard InChI is InChI=1S/C17H22N4O2/c1-12-10-19-17(20-16(12)18)21-6-7-23-15(11-21)9-13-4-3-5-14(8-13)22-2/h3-5,8,10,15H,6-7,9,11H2,1-2H3,(H2,18,19,20). The van der Waals surface area contributed by atoms with Crippen molar-refractivity contribution < 1.29 is 9.47 Å². The van der Waals surface area contributed by atoms with Gasteiger partial charge in [-0.05, 0) is 24.6 Å². The number of methoxy groups -OCH3 is 1. The van der Waals surface area contributed by atoms with Gasteiger partial charge in [0.2, 0.25) is 5.95 Å². The van der Waals surface area contributed by atoms with E-state index in [9.17, 15) is 0 Å². The lowest BCUT2D eigenvalue weighted by atomic mass is 10.1. The highest BCUT2D eigenvalue weighted by molar-refractivity contribution is 5.43. The zero-order valence-electron chi connectivity index (χ0n) is 13.5. The van der Waals surface area contributed by atoms with Crippen molar-refractivity contribution in [1.82, 2.24) is 9.97 Å².